The van der Waals surface area contributed by atoms with Crippen molar-refractivity contribution < 1.29 is 24.2 Å². The van der Waals surface area contributed by atoms with E-state index in [1.54, 1.807) is 12.1 Å². The zero-order valence-electron chi connectivity index (χ0n) is 15.5. The van der Waals surface area contributed by atoms with Gasteiger partial charge >= 0.3 is 5.97 Å². The lowest BCUT2D eigenvalue weighted by Gasteiger charge is -2.12. The van der Waals surface area contributed by atoms with Crippen molar-refractivity contribution in [3.8, 4) is 11.5 Å². The number of aryl methyl sites for hydroxylation is 1. The first-order valence-electron chi connectivity index (χ1n) is 8.28. The zero-order chi connectivity index (χ0) is 20.3. The van der Waals surface area contributed by atoms with E-state index in [2.05, 4.69) is 10.3 Å². The number of methoxy groups -OCH3 is 2. The lowest BCUT2D eigenvalue weighted by atomic mass is 10.0. The highest BCUT2D eigenvalue weighted by atomic mass is 32.2. The van der Waals surface area contributed by atoms with Crippen LogP contribution in [0.2, 0.25) is 0 Å². The first-order valence-corrected chi connectivity index (χ1v) is 9.09. The molecule has 7 nitrogen and oxygen atoms in total. The highest BCUT2D eigenvalue weighted by Gasteiger charge is 2.26. The molecule has 3 rings (SSSR count). The molecule has 2 N–H and O–H groups in total. The van der Waals surface area contributed by atoms with Crippen LogP contribution in [0.25, 0.3) is 6.08 Å². The van der Waals surface area contributed by atoms with Gasteiger partial charge in [-0.15, -0.1) is 0 Å². The number of carboxylic acids is 1. The van der Waals surface area contributed by atoms with Crippen molar-refractivity contribution >= 4 is 40.6 Å². The van der Waals surface area contributed by atoms with Crippen LogP contribution >= 0.6 is 11.8 Å². The van der Waals surface area contributed by atoms with Crippen LogP contribution < -0.4 is 14.8 Å². The van der Waals surface area contributed by atoms with Gasteiger partial charge < -0.3 is 19.9 Å². The molecule has 2 aromatic rings. The lowest BCUT2D eigenvalue weighted by Crippen LogP contribution is -2.19. The predicted molar refractivity (Wildman–Crippen MR) is 108 cm³/mol. The Balaban J connectivity index is 1.99. The number of amides is 1. The van der Waals surface area contributed by atoms with Crippen LogP contribution in [0.5, 0.6) is 11.5 Å². The third-order valence-electron chi connectivity index (χ3n) is 4.07. The average Bonchev–Trinajstić information content (AvgIpc) is 3.01. The highest BCUT2D eigenvalue weighted by molar-refractivity contribution is 8.18. The smallest absolute Gasteiger partial charge is 0.340 e. The van der Waals surface area contributed by atoms with Gasteiger partial charge in [0.05, 0.1) is 24.8 Å². The number of benzene rings is 2. The van der Waals surface area contributed by atoms with Crippen LogP contribution in [0.1, 0.15) is 21.5 Å². The molecule has 1 fully saturated rings. The Labute approximate surface area is 166 Å². The first-order chi connectivity index (χ1) is 13.4. The minimum atomic E-state index is -1.18. The summed E-state index contributed by atoms with van der Waals surface area (Å²) in [6, 6.07) is 10.7. The SMILES string of the molecule is COc1ccc(/C=C2\SC(=Nc3ccccc3C)NC2=O)c(C(=O)O)c1OC. The number of nitrogens with one attached hydrogen (secondary N) is 1. The summed E-state index contributed by atoms with van der Waals surface area (Å²) in [5, 5.41) is 12.8. The number of aromatic carboxylic acids is 1. The largest absolute Gasteiger partial charge is 0.493 e. The number of carboxylic acid groups (broad SMARTS) is 1. The van der Waals surface area contributed by atoms with E-state index in [-0.39, 0.29) is 17.2 Å². The summed E-state index contributed by atoms with van der Waals surface area (Å²) in [6.45, 7) is 1.93. The van der Waals surface area contributed by atoms with Gasteiger partial charge in [-0.3, -0.25) is 4.79 Å². The molecule has 28 heavy (non-hydrogen) atoms. The normalized spacial score (nSPS) is 16.3. The Morgan fingerprint density at radius 1 is 1.18 bits per heavy atom. The Hall–Kier alpha value is -3.26. The molecule has 0 atom stereocenters. The van der Waals surface area contributed by atoms with E-state index >= 15 is 0 Å². The molecule has 1 saturated heterocycles. The van der Waals surface area contributed by atoms with E-state index < -0.39 is 5.97 Å². The molecule has 8 heteroatoms. The molecule has 144 valence electrons. The maximum absolute atomic E-state index is 12.3. The van der Waals surface area contributed by atoms with E-state index in [9.17, 15) is 14.7 Å². The molecule has 1 amide bonds. The number of rotatable bonds is 5. The van der Waals surface area contributed by atoms with Gasteiger partial charge in [0.15, 0.2) is 16.7 Å². The van der Waals surface area contributed by atoms with Crippen LogP contribution in [-0.2, 0) is 4.79 Å². The van der Waals surface area contributed by atoms with Crippen molar-refractivity contribution in [2.24, 2.45) is 4.99 Å². The van der Waals surface area contributed by atoms with E-state index in [1.165, 1.54) is 20.3 Å². The number of ether oxygens (including phenoxy) is 2. The van der Waals surface area contributed by atoms with Crippen molar-refractivity contribution in [2.45, 2.75) is 6.92 Å². The molecule has 0 bridgehead atoms. The van der Waals surface area contributed by atoms with E-state index in [0.717, 1.165) is 23.0 Å². The molecule has 0 aliphatic carbocycles. The summed E-state index contributed by atoms with van der Waals surface area (Å²) in [5.41, 5.74) is 1.99. The Kier molecular flexibility index (Phi) is 5.70. The summed E-state index contributed by atoms with van der Waals surface area (Å²) in [4.78, 5) is 28.9. The van der Waals surface area contributed by atoms with Crippen LogP contribution in [0.3, 0.4) is 0 Å². The fourth-order valence-electron chi connectivity index (χ4n) is 2.70. The monoisotopic (exact) mass is 398 g/mol. The van der Waals surface area contributed by atoms with Crippen LogP contribution in [0.15, 0.2) is 46.3 Å². The predicted octanol–water partition coefficient (Wildman–Crippen LogP) is 3.60. The van der Waals surface area contributed by atoms with Gasteiger partial charge in [-0.1, -0.05) is 24.3 Å². The maximum Gasteiger partial charge on any atom is 0.340 e. The van der Waals surface area contributed by atoms with Crippen molar-refractivity contribution in [3.05, 3.63) is 58.0 Å². The molecule has 1 aliphatic heterocycles. The topological polar surface area (TPSA) is 97.2 Å². The van der Waals surface area contributed by atoms with Crippen molar-refractivity contribution in [1.29, 1.82) is 0 Å². The number of thioether (sulfide) groups is 1. The second-order valence-electron chi connectivity index (χ2n) is 5.84. The Bertz CT molecular complexity index is 1010. The van der Waals surface area contributed by atoms with Gasteiger partial charge in [-0.2, -0.15) is 0 Å². The third kappa shape index (κ3) is 3.86. The maximum atomic E-state index is 12.3. The molecular weight excluding hydrogens is 380 g/mol. The quantitative estimate of drug-likeness (QED) is 0.747. The number of aliphatic imine (C=N–C) groups is 1. The molecule has 0 radical (unpaired) electrons. The molecule has 0 saturated carbocycles. The standard InChI is InChI=1S/C20H18N2O5S/c1-11-6-4-5-7-13(11)21-20-22-18(23)15(28-20)10-12-8-9-14(26-2)17(27-3)16(12)19(24)25/h4-10H,1-3H3,(H,24,25)(H,21,22,23)/b15-10-. The molecule has 2 aromatic carbocycles. The lowest BCUT2D eigenvalue weighted by molar-refractivity contribution is -0.115. The van der Waals surface area contributed by atoms with Gasteiger partial charge in [-0.25, -0.2) is 9.79 Å². The molecule has 1 aliphatic rings. The van der Waals surface area contributed by atoms with Crippen molar-refractivity contribution in [1.82, 2.24) is 5.32 Å². The number of carbonyl (C=O) groups is 2. The number of carbonyl (C=O) groups excluding carboxylic acids is 1. The van der Waals surface area contributed by atoms with Gasteiger partial charge in [0.1, 0.15) is 5.56 Å². The number of hydrogen-bond donors (Lipinski definition) is 2. The Morgan fingerprint density at radius 2 is 1.93 bits per heavy atom. The van der Waals surface area contributed by atoms with Gasteiger partial charge in [0.2, 0.25) is 0 Å². The summed E-state index contributed by atoms with van der Waals surface area (Å²) in [7, 11) is 2.79. The van der Waals surface area contributed by atoms with Crippen molar-refractivity contribution in [2.75, 3.05) is 14.2 Å². The number of para-hydroxylation sites is 1. The molecule has 0 spiro atoms. The average molecular weight is 398 g/mol. The second-order valence-corrected chi connectivity index (χ2v) is 6.87. The van der Waals surface area contributed by atoms with E-state index in [4.69, 9.17) is 9.47 Å². The fourth-order valence-corrected chi connectivity index (χ4v) is 3.53. The number of amidine groups is 1. The van der Waals surface area contributed by atoms with E-state index in [0.29, 0.717) is 21.4 Å². The molecule has 0 unspecified atom stereocenters. The van der Waals surface area contributed by atoms with Crippen LogP contribution in [0.4, 0.5) is 5.69 Å². The van der Waals surface area contributed by atoms with E-state index in [1.807, 2.05) is 31.2 Å². The number of nitrogens with zero attached hydrogens (tertiary/aromatic N) is 1. The summed E-state index contributed by atoms with van der Waals surface area (Å²) < 4.78 is 10.4. The van der Waals surface area contributed by atoms with Crippen molar-refractivity contribution in [3.63, 3.8) is 0 Å². The van der Waals surface area contributed by atoms with Crippen LogP contribution in [0, 0.1) is 6.92 Å². The fraction of sp³-hybridized carbons (Fsp3) is 0.150. The zero-order valence-corrected chi connectivity index (χ0v) is 16.3. The first kappa shape index (κ1) is 19.5. The number of hydrogen-bond acceptors (Lipinski definition) is 6. The molecular formula is C20H18N2O5S. The molecule has 0 aromatic heterocycles. The summed E-state index contributed by atoms with van der Waals surface area (Å²) in [5.74, 6) is -1.13. The van der Waals surface area contributed by atoms with Gasteiger partial charge in [0.25, 0.3) is 5.91 Å². The van der Waals surface area contributed by atoms with Crippen LogP contribution in [-0.4, -0.2) is 36.4 Å². The Morgan fingerprint density at radius 3 is 2.57 bits per heavy atom. The minimum Gasteiger partial charge on any atom is -0.493 e. The second kappa shape index (κ2) is 8.18. The minimum absolute atomic E-state index is 0.0768. The van der Waals surface area contributed by atoms with Gasteiger partial charge in [-0.05, 0) is 48.0 Å². The van der Waals surface area contributed by atoms with Gasteiger partial charge in [0, 0.05) is 0 Å². The summed E-state index contributed by atoms with van der Waals surface area (Å²) in [6.07, 6.45) is 1.51. The molecule has 1 heterocycles. The summed E-state index contributed by atoms with van der Waals surface area (Å²) >= 11 is 1.15. The highest BCUT2D eigenvalue weighted by Crippen LogP contribution is 2.36. The third-order valence-corrected chi connectivity index (χ3v) is 4.98.